The van der Waals surface area contributed by atoms with E-state index in [-0.39, 0.29) is 5.92 Å². The molecule has 0 fully saturated rings. The van der Waals surface area contributed by atoms with E-state index in [9.17, 15) is 9.90 Å². The number of carboxylic acid groups (broad SMARTS) is 1. The first-order chi connectivity index (χ1) is 8.50. The first kappa shape index (κ1) is 12.9. The van der Waals surface area contributed by atoms with E-state index in [1.165, 1.54) is 0 Å². The number of rotatable bonds is 4. The Hall–Kier alpha value is -1.55. The van der Waals surface area contributed by atoms with Gasteiger partial charge in [-0.25, -0.2) is 0 Å². The third kappa shape index (κ3) is 2.34. The van der Waals surface area contributed by atoms with Gasteiger partial charge >= 0.3 is 5.97 Å². The zero-order valence-corrected chi connectivity index (χ0v) is 10.7. The van der Waals surface area contributed by atoms with Crippen LogP contribution in [-0.2, 0) is 11.2 Å². The fraction of sp³-hybridized carbons (Fsp3) is 0.500. The summed E-state index contributed by atoms with van der Waals surface area (Å²) in [4.78, 5) is 11.3. The van der Waals surface area contributed by atoms with Crippen LogP contribution >= 0.6 is 0 Å². The van der Waals surface area contributed by atoms with Gasteiger partial charge in [0.1, 0.15) is 5.75 Å². The molecule has 2 unspecified atom stereocenters. The highest BCUT2D eigenvalue weighted by molar-refractivity contribution is 5.71. The van der Waals surface area contributed by atoms with E-state index in [0.717, 1.165) is 23.3 Å². The van der Waals surface area contributed by atoms with E-state index < -0.39 is 17.9 Å². The van der Waals surface area contributed by atoms with Gasteiger partial charge in [-0.2, -0.15) is 0 Å². The molecule has 2 atom stereocenters. The van der Waals surface area contributed by atoms with Crippen molar-refractivity contribution in [2.24, 2.45) is 17.6 Å². The molecule has 18 heavy (non-hydrogen) atoms. The van der Waals surface area contributed by atoms with Crippen molar-refractivity contribution >= 4 is 5.97 Å². The van der Waals surface area contributed by atoms with Gasteiger partial charge in [0, 0.05) is 12.5 Å². The molecule has 0 spiro atoms. The van der Waals surface area contributed by atoms with Gasteiger partial charge in [-0.3, -0.25) is 4.79 Å². The average molecular weight is 249 g/mol. The van der Waals surface area contributed by atoms with Crippen LogP contribution in [0.2, 0.25) is 0 Å². The number of carboxylic acids is 1. The maximum absolute atomic E-state index is 11.3. The Morgan fingerprint density at radius 1 is 1.44 bits per heavy atom. The number of benzene rings is 1. The normalized spacial score (nSPS) is 17.1. The zero-order valence-electron chi connectivity index (χ0n) is 10.7. The van der Waals surface area contributed by atoms with Crippen molar-refractivity contribution in [2.45, 2.75) is 26.3 Å². The molecule has 0 saturated carbocycles. The largest absolute Gasteiger partial charge is 0.493 e. The second-order valence-electron chi connectivity index (χ2n) is 5.10. The molecule has 1 aliphatic heterocycles. The summed E-state index contributed by atoms with van der Waals surface area (Å²) < 4.78 is 5.43. The van der Waals surface area contributed by atoms with Gasteiger partial charge in [0.15, 0.2) is 0 Å². The SMILES string of the molecule is CC(C)C(C(=O)O)C(N)c1ccc2c(c1)CCO2. The molecular weight excluding hydrogens is 230 g/mol. The highest BCUT2D eigenvalue weighted by Gasteiger charge is 2.30. The van der Waals surface area contributed by atoms with E-state index in [1.807, 2.05) is 32.0 Å². The number of aliphatic carboxylic acids is 1. The van der Waals surface area contributed by atoms with Crippen molar-refractivity contribution in [3.8, 4) is 5.75 Å². The molecule has 1 aromatic carbocycles. The van der Waals surface area contributed by atoms with Crippen molar-refractivity contribution in [2.75, 3.05) is 6.61 Å². The molecule has 1 heterocycles. The number of hydrogen-bond donors (Lipinski definition) is 2. The summed E-state index contributed by atoms with van der Waals surface area (Å²) in [6.07, 6.45) is 0.870. The Labute approximate surface area is 107 Å². The van der Waals surface area contributed by atoms with Crippen LogP contribution in [0, 0.1) is 11.8 Å². The predicted molar refractivity (Wildman–Crippen MR) is 68.5 cm³/mol. The Morgan fingerprint density at radius 2 is 2.17 bits per heavy atom. The van der Waals surface area contributed by atoms with E-state index in [0.29, 0.717) is 6.61 Å². The summed E-state index contributed by atoms with van der Waals surface area (Å²) in [6.45, 7) is 4.46. The molecule has 0 radical (unpaired) electrons. The van der Waals surface area contributed by atoms with Gasteiger partial charge < -0.3 is 15.6 Å². The van der Waals surface area contributed by atoms with Crippen LogP contribution in [-0.4, -0.2) is 17.7 Å². The van der Waals surface area contributed by atoms with Crippen LogP contribution in [0.5, 0.6) is 5.75 Å². The second-order valence-corrected chi connectivity index (χ2v) is 5.10. The quantitative estimate of drug-likeness (QED) is 0.855. The molecule has 4 heteroatoms. The predicted octanol–water partition coefficient (Wildman–Crippen LogP) is 1.98. The molecule has 1 aromatic rings. The number of hydrogen-bond acceptors (Lipinski definition) is 3. The lowest BCUT2D eigenvalue weighted by Crippen LogP contribution is -2.32. The van der Waals surface area contributed by atoms with Crippen molar-refractivity contribution in [3.05, 3.63) is 29.3 Å². The molecule has 98 valence electrons. The molecule has 0 aromatic heterocycles. The van der Waals surface area contributed by atoms with Crippen molar-refractivity contribution in [3.63, 3.8) is 0 Å². The lowest BCUT2D eigenvalue weighted by atomic mass is 9.84. The first-order valence-corrected chi connectivity index (χ1v) is 6.24. The summed E-state index contributed by atoms with van der Waals surface area (Å²) in [5, 5.41) is 9.26. The van der Waals surface area contributed by atoms with Crippen molar-refractivity contribution in [1.29, 1.82) is 0 Å². The molecule has 4 nitrogen and oxygen atoms in total. The van der Waals surface area contributed by atoms with Gasteiger partial charge in [-0.1, -0.05) is 26.0 Å². The van der Waals surface area contributed by atoms with Crippen LogP contribution in [0.25, 0.3) is 0 Å². The van der Waals surface area contributed by atoms with Crippen molar-refractivity contribution < 1.29 is 14.6 Å². The summed E-state index contributed by atoms with van der Waals surface area (Å²) in [7, 11) is 0. The van der Waals surface area contributed by atoms with Gasteiger partial charge in [0.25, 0.3) is 0 Å². The fourth-order valence-electron chi connectivity index (χ4n) is 2.47. The van der Waals surface area contributed by atoms with Gasteiger partial charge in [0.05, 0.1) is 12.5 Å². The van der Waals surface area contributed by atoms with E-state index in [1.54, 1.807) is 0 Å². The molecule has 3 N–H and O–H groups in total. The summed E-state index contributed by atoms with van der Waals surface area (Å²) in [5.41, 5.74) is 8.11. The topological polar surface area (TPSA) is 72.5 Å². The molecule has 0 amide bonds. The Morgan fingerprint density at radius 3 is 2.78 bits per heavy atom. The minimum Gasteiger partial charge on any atom is -0.493 e. The average Bonchev–Trinajstić information content (AvgIpc) is 2.74. The molecule has 0 bridgehead atoms. The van der Waals surface area contributed by atoms with E-state index in [2.05, 4.69) is 0 Å². The fourth-order valence-corrected chi connectivity index (χ4v) is 2.47. The third-order valence-corrected chi connectivity index (χ3v) is 3.49. The molecule has 2 rings (SSSR count). The van der Waals surface area contributed by atoms with Crippen LogP contribution < -0.4 is 10.5 Å². The van der Waals surface area contributed by atoms with Crippen LogP contribution in [0.3, 0.4) is 0 Å². The van der Waals surface area contributed by atoms with Gasteiger partial charge in [-0.05, 0) is 23.1 Å². The zero-order chi connectivity index (χ0) is 13.3. The Bertz CT molecular complexity index is 456. The number of nitrogens with two attached hydrogens (primary N) is 1. The van der Waals surface area contributed by atoms with E-state index >= 15 is 0 Å². The summed E-state index contributed by atoms with van der Waals surface area (Å²) >= 11 is 0. The number of ether oxygens (including phenoxy) is 1. The lowest BCUT2D eigenvalue weighted by molar-refractivity contribution is -0.144. The monoisotopic (exact) mass is 249 g/mol. The maximum atomic E-state index is 11.3. The minimum absolute atomic E-state index is 0.00186. The number of carbonyl (C=O) groups is 1. The standard InChI is InChI=1S/C14H19NO3/c1-8(2)12(14(16)17)13(15)10-3-4-11-9(7-10)5-6-18-11/h3-4,7-8,12-13H,5-6,15H2,1-2H3,(H,16,17). The summed E-state index contributed by atoms with van der Waals surface area (Å²) in [6, 6.07) is 5.25. The van der Waals surface area contributed by atoms with Crippen LogP contribution in [0.1, 0.15) is 31.0 Å². The van der Waals surface area contributed by atoms with Crippen LogP contribution in [0.4, 0.5) is 0 Å². The molecular formula is C14H19NO3. The lowest BCUT2D eigenvalue weighted by Gasteiger charge is -2.24. The van der Waals surface area contributed by atoms with Gasteiger partial charge in [-0.15, -0.1) is 0 Å². The highest BCUT2D eigenvalue weighted by atomic mass is 16.5. The highest BCUT2D eigenvalue weighted by Crippen LogP contribution is 2.32. The molecule has 0 aliphatic carbocycles. The summed E-state index contributed by atoms with van der Waals surface area (Å²) in [5.74, 6) is -0.510. The number of fused-ring (bicyclic) bond motifs is 1. The third-order valence-electron chi connectivity index (χ3n) is 3.49. The Balaban J connectivity index is 2.27. The van der Waals surface area contributed by atoms with Crippen molar-refractivity contribution in [1.82, 2.24) is 0 Å². The van der Waals surface area contributed by atoms with Crippen LogP contribution in [0.15, 0.2) is 18.2 Å². The first-order valence-electron chi connectivity index (χ1n) is 6.24. The smallest absolute Gasteiger partial charge is 0.308 e. The van der Waals surface area contributed by atoms with E-state index in [4.69, 9.17) is 10.5 Å². The Kier molecular flexibility index (Phi) is 3.57. The second kappa shape index (κ2) is 4.98. The van der Waals surface area contributed by atoms with Gasteiger partial charge in [0.2, 0.25) is 0 Å². The maximum Gasteiger partial charge on any atom is 0.308 e. The molecule has 0 saturated heterocycles. The minimum atomic E-state index is -0.839. The molecule has 1 aliphatic rings.